The quantitative estimate of drug-likeness (QED) is 0.685. The minimum Gasteiger partial charge on any atom is -0.365 e. The molecule has 0 aliphatic carbocycles. The molecule has 1 heterocycles. The molecule has 0 unspecified atom stereocenters. The molecule has 66 valence electrons. The second-order valence-electron chi connectivity index (χ2n) is 2.55. The van der Waals surface area contributed by atoms with Crippen molar-refractivity contribution in [3.05, 3.63) is 17.6 Å². The van der Waals surface area contributed by atoms with Crippen molar-refractivity contribution < 1.29 is 4.74 Å². The third-order valence-electron chi connectivity index (χ3n) is 1.36. The second kappa shape index (κ2) is 4.01. The van der Waals surface area contributed by atoms with E-state index >= 15 is 0 Å². The molecular weight excluding hydrogens is 154 g/mol. The van der Waals surface area contributed by atoms with E-state index in [2.05, 4.69) is 15.3 Å². The van der Waals surface area contributed by atoms with Gasteiger partial charge in [0.1, 0.15) is 18.4 Å². The number of ether oxygens (including phenoxy) is 1. The SMILES string of the molecule is COCNc1cc(C)nc(C)n1. The van der Waals surface area contributed by atoms with Gasteiger partial charge in [-0.15, -0.1) is 0 Å². The highest BCUT2D eigenvalue weighted by Gasteiger charge is 1.96. The standard InChI is InChI=1S/C8H13N3O/c1-6-4-8(9-5-12-3)11-7(2)10-6/h4H,5H2,1-3H3,(H,9,10,11). The molecule has 0 spiro atoms. The normalized spacial score (nSPS) is 9.92. The van der Waals surface area contributed by atoms with Gasteiger partial charge in [0.2, 0.25) is 0 Å². The van der Waals surface area contributed by atoms with Crippen LogP contribution >= 0.6 is 0 Å². The highest BCUT2D eigenvalue weighted by atomic mass is 16.5. The number of anilines is 1. The Hall–Kier alpha value is -1.16. The average molecular weight is 167 g/mol. The van der Waals surface area contributed by atoms with Crippen molar-refractivity contribution in [3.63, 3.8) is 0 Å². The molecule has 4 nitrogen and oxygen atoms in total. The summed E-state index contributed by atoms with van der Waals surface area (Å²) >= 11 is 0. The van der Waals surface area contributed by atoms with E-state index in [0.717, 1.165) is 17.3 Å². The molecule has 0 amide bonds. The highest BCUT2D eigenvalue weighted by Crippen LogP contribution is 2.04. The number of nitrogens with one attached hydrogen (secondary N) is 1. The van der Waals surface area contributed by atoms with Gasteiger partial charge in [-0.2, -0.15) is 0 Å². The number of nitrogens with zero attached hydrogens (tertiary/aromatic N) is 2. The van der Waals surface area contributed by atoms with E-state index in [-0.39, 0.29) is 0 Å². The van der Waals surface area contributed by atoms with Crippen LogP contribution < -0.4 is 5.32 Å². The molecule has 1 aromatic rings. The minimum atomic E-state index is 0.468. The van der Waals surface area contributed by atoms with Crippen molar-refractivity contribution in [1.29, 1.82) is 0 Å². The first-order chi connectivity index (χ1) is 5.72. The van der Waals surface area contributed by atoms with Gasteiger partial charge in [0, 0.05) is 18.9 Å². The van der Waals surface area contributed by atoms with Crippen molar-refractivity contribution in [2.75, 3.05) is 19.2 Å². The smallest absolute Gasteiger partial charge is 0.131 e. The molecule has 0 saturated heterocycles. The highest BCUT2D eigenvalue weighted by molar-refractivity contribution is 5.34. The Kier molecular flexibility index (Phi) is 2.99. The first kappa shape index (κ1) is 8.93. The van der Waals surface area contributed by atoms with E-state index in [4.69, 9.17) is 4.74 Å². The van der Waals surface area contributed by atoms with Gasteiger partial charge in [0.05, 0.1) is 0 Å². The van der Waals surface area contributed by atoms with Gasteiger partial charge in [-0.25, -0.2) is 9.97 Å². The number of aromatic nitrogens is 2. The monoisotopic (exact) mass is 167 g/mol. The summed E-state index contributed by atoms with van der Waals surface area (Å²) in [7, 11) is 1.63. The van der Waals surface area contributed by atoms with Crippen molar-refractivity contribution in [2.24, 2.45) is 0 Å². The Morgan fingerprint density at radius 1 is 1.42 bits per heavy atom. The lowest BCUT2D eigenvalue weighted by atomic mass is 10.4. The largest absolute Gasteiger partial charge is 0.365 e. The maximum atomic E-state index is 4.85. The molecule has 1 rings (SSSR count). The molecular formula is C8H13N3O. The summed E-state index contributed by atoms with van der Waals surface area (Å²) in [5.74, 6) is 1.58. The van der Waals surface area contributed by atoms with E-state index in [1.54, 1.807) is 7.11 Å². The van der Waals surface area contributed by atoms with Crippen LogP contribution in [0.5, 0.6) is 0 Å². The lowest BCUT2D eigenvalue weighted by Crippen LogP contribution is -2.06. The first-order valence-corrected chi connectivity index (χ1v) is 3.77. The molecule has 0 fully saturated rings. The Labute approximate surface area is 72.0 Å². The molecule has 1 aromatic heterocycles. The summed E-state index contributed by atoms with van der Waals surface area (Å²) in [6.45, 7) is 4.27. The average Bonchev–Trinajstić information content (AvgIpc) is 1.99. The molecule has 0 aliphatic rings. The molecule has 1 N–H and O–H groups in total. The molecule has 0 aliphatic heterocycles. The number of hydrogen-bond donors (Lipinski definition) is 1. The van der Waals surface area contributed by atoms with Gasteiger partial charge >= 0.3 is 0 Å². The van der Waals surface area contributed by atoms with Crippen LogP contribution in [0.25, 0.3) is 0 Å². The van der Waals surface area contributed by atoms with Gasteiger partial charge in [0.15, 0.2) is 0 Å². The number of rotatable bonds is 3. The van der Waals surface area contributed by atoms with Crippen LogP contribution in [0, 0.1) is 13.8 Å². The summed E-state index contributed by atoms with van der Waals surface area (Å²) in [6.07, 6.45) is 0. The maximum absolute atomic E-state index is 4.85. The minimum absolute atomic E-state index is 0.468. The Morgan fingerprint density at radius 2 is 2.17 bits per heavy atom. The van der Waals surface area contributed by atoms with E-state index in [0.29, 0.717) is 6.73 Å². The van der Waals surface area contributed by atoms with Crippen LogP contribution in [0.2, 0.25) is 0 Å². The van der Waals surface area contributed by atoms with E-state index in [9.17, 15) is 0 Å². The number of hydrogen-bond acceptors (Lipinski definition) is 4. The van der Waals surface area contributed by atoms with Gasteiger partial charge < -0.3 is 10.1 Å². The van der Waals surface area contributed by atoms with Crippen LogP contribution in [0.1, 0.15) is 11.5 Å². The van der Waals surface area contributed by atoms with Crippen LogP contribution in [0.3, 0.4) is 0 Å². The fraction of sp³-hybridized carbons (Fsp3) is 0.500. The Bertz CT molecular complexity index is 242. The zero-order valence-electron chi connectivity index (χ0n) is 7.59. The Morgan fingerprint density at radius 3 is 2.75 bits per heavy atom. The predicted molar refractivity (Wildman–Crippen MR) is 47.0 cm³/mol. The zero-order chi connectivity index (χ0) is 8.97. The van der Waals surface area contributed by atoms with Gasteiger partial charge in [-0.1, -0.05) is 0 Å². The van der Waals surface area contributed by atoms with Gasteiger partial charge in [-0.3, -0.25) is 0 Å². The van der Waals surface area contributed by atoms with Crippen molar-refractivity contribution in [2.45, 2.75) is 13.8 Å². The number of aryl methyl sites for hydroxylation is 2. The van der Waals surface area contributed by atoms with Crippen LogP contribution in [-0.2, 0) is 4.74 Å². The second-order valence-corrected chi connectivity index (χ2v) is 2.55. The molecule has 0 saturated carbocycles. The van der Waals surface area contributed by atoms with Gasteiger partial charge in [-0.05, 0) is 13.8 Å². The summed E-state index contributed by atoms with van der Waals surface area (Å²) in [5.41, 5.74) is 0.959. The maximum Gasteiger partial charge on any atom is 0.131 e. The predicted octanol–water partition coefficient (Wildman–Crippen LogP) is 1.11. The van der Waals surface area contributed by atoms with Crippen LogP contribution in [0.15, 0.2) is 6.07 Å². The van der Waals surface area contributed by atoms with E-state index < -0.39 is 0 Å². The summed E-state index contributed by atoms with van der Waals surface area (Å²) in [5, 5.41) is 3.00. The van der Waals surface area contributed by atoms with Crippen molar-refractivity contribution in [3.8, 4) is 0 Å². The van der Waals surface area contributed by atoms with Crippen LogP contribution in [0.4, 0.5) is 5.82 Å². The van der Waals surface area contributed by atoms with E-state index in [1.165, 1.54) is 0 Å². The van der Waals surface area contributed by atoms with Gasteiger partial charge in [0.25, 0.3) is 0 Å². The molecule has 0 atom stereocenters. The number of methoxy groups -OCH3 is 1. The topological polar surface area (TPSA) is 47.0 Å². The van der Waals surface area contributed by atoms with E-state index in [1.807, 2.05) is 19.9 Å². The fourth-order valence-corrected chi connectivity index (χ4v) is 0.954. The third kappa shape index (κ3) is 2.47. The van der Waals surface area contributed by atoms with Crippen LogP contribution in [-0.4, -0.2) is 23.8 Å². The lowest BCUT2D eigenvalue weighted by Gasteiger charge is -2.04. The molecule has 0 aromatic carbocycles. The zero-order valence-corrected chi connectivity index (χ0v) is 7.59. The Balaban J connectivity index is 2.72. The summed E-state index contributed by atoms with van der Waals surface area (Å²) < 4.78 is 4.85. The van der Waals surface area contributed by atoms with Crippen molar-refractivity contribution >= 4 is 5.82 Å². The third-order valence-corrected chi connectivity index (χ3v) is 1.36. The summed E-state index contributed by atoms with van der Waals surface area (Å²) in [6, 6.07) is 1.88. The molecule has 4 heteroatoms. The molecule has 0 bridgehead atoms. The summed E-state index contributed by atoms with van der Waals surface area (Å²) in [4.78, 5) is 8.32. The first-order valence-electron chi connectivity index (χ1n) is 3.77. The fourth-order valence-electron chi connectivity index (χ4n) is 0.954. The lowest BCUT2D eigenvalue weighted by molar-refractivity contribution is 0.221. The molecule has 12 heavy (non-hydrogen) atoms. The van der Waals surface area contributed by atoms with Crippen molar-refractivity contribution in [1.82, 2.24) is 9.97 Å². The molecule has 0 radical (unpaired) electrons.